The van der Waals surface area contributed by atoms with Crippen LogP contribution in [0.1, 0.15) is 44.1 Å². The molecule has 0 radical (unpaired) electrons. The Morgan fingerprint density at radius 3 is 2.65 bits per heavy atom. The van der Waals surface area contributed by atoms with Crippen LogP contribution in [0.2, 0.25) is 0 Å². The van der Waals surface area contributed by atoms with E-state index in [-0.39, 0.29) is 0 Å². The number of hydrogen-bond donors (Lipinski definition) is 2. The molecule has 1 aromatic rings. The first-order chi connectivity index (χ1) is 9.50. The van der Waals surface area contributed by atoms with E-state index in [0.29, 0.717) is 28.6 Å². The Balaban J connectivity index is 1.95. The van der Waals surface area contributed by atoms with Crippen molar-refractivity contribution in [1.29, 1.82) is 0 Å². The molecular weight excluding hydrogens is 272 g/mol. The maximum Gasteiger partial charge on any atom is 0.240 e. The van der Waals surface area contributed by atoms with Gasteiger partial charge in [-0.15, -0.1) is 0 Å². The van der Waals surface area contributed by atoms with Gasteiger partial charge in [0.25, 0.3) is 0 Å². The van der Waals surface area contributed by atoms with Crippen LogP contribution in [0.4, 0.5) is 5.69 Å². The highest BCUT2D eigenvalue weighted by molar-refractivity contribution is 7.89. The van der Waals surface area contributed by atoms with Gasteiger partial charge in [-0.3, -0.25) is 0 Å². The molecule has 0 bridgehead atoms. The topological polar surface area (TPSA) is 72.2 Å². The number of rotatable bonds is 5. The summed E-state index contributed by atoms with van der Waals surface area (Å²) in [6, 6.07) is 5.00. The molecule has 1 aliphatic carbocycles. The molecule has 0 heterocycles. The van der Waals surface area contributed by atoms with E-state index in [9.17, 15) is 8.42 Å². The molecule has 20 heavy (non-hydrogen) atoms. The zero-order valence-corrected chi connectivity index (χ0v) is 12.9. The summed E-state index contributed by atoms with van der Waals surface area (Å²) in [6.07, 6.45) is 7.29. The maximum absolute atomic E-state index is 12.3. The third-order valence-electron chi connectivity index (χ3n) is 4.18. The minimum Gasteiger partial charge on any atom is -0.398 e. The second-order valence-corrected chi connectivity index (χ2v) is 7.40. The van der Waals surface area contributed by atoms with Gasteiger partial charge in [0.15, 0.2) is 0 Å². The van der Waals surface area contributed by atoms with Crippen molar-refractivity contribution in [3.8, 4) is 0 Å². The normalized spacial score (nSPS) is 17.2. The lowest BCUT2D eigenvalue weighted by Crippen LogP contribution is -2.27. The van der Waals surface area contributed by atoms with Gasteiger partial charge < -0.3 is 5.73 Å². The molecule has 3 N–H and O–H groups in total. The molecule has 0 aliphatic heterocycles. The van der Waals surface area contributed by atoms with Gasteiger partial charge in [0.2, 0.25) is 10.0 Å². The van der Waals surface area contributed by atoms with Crippen molar-refractivity contribution < 1.29 is 8.42 Å². The van der Waals surface area contributed by atoms with Crippen LogP contribution in [-0.4, -0.2) is 15.0 Å². The van der Waals surface area contributed by atoms with E-state index in [1.807, 2.05) is 0 Å². The summed E-state index contributed by atoms with van der Waals surface area (Å²) in [5, 5.41) is 0. The van der Waals surface area contributed by atoms with Crippen LogP contribution < -0.4 is 10.5 Å². The van der Waals surface area contributed by atoms with E-state index in [4.69, 9.17) is 5.73 Å². The number of sulfonamides is 1. The number of nitrogens with one attached hydrogen (secondary N) is 1. The second kappa shape index (κ2) is 6.59. The highest BCUT2D eigenvalue weighted by atomic mass is 32.2. The van der Waals surface area contributed by atoms with E-state index < -0.39 is 10.0 Å². The van der Waals surface area contributed by atoms with Crippen molar-refractivity contribution in [2.45, 2.75) is 50.3 Å². The lowest BCUT2D eigenvalue weighted by atomic mass is 9.87. The molecule has 0 amide bonds. The second-order valence-electron chi connectivity index (χ2n) is 5.66. The smallest absolute Gasteiger partial charge is 0.240 e. The van der Waals surface area contributed by atoms with Gasteiger partial charge >= 0.3 is 0 Å². The van der Waals surface area contributed by atoms with E-state index >= 15 is 0 Å². The molecule has 0 spiro atoms. The van der Waals surface area contributed by atoms with Gasteiger partial charge in [-0.1, -0.05) is 38.2 Å². The van der Waals surface area contributed by atoms with Crippen LogP contribution in [0.3, 0.4) is 0 Å². The predicted molar refractivity (Wildman–Crippen MR) is 82.0 cm³/mol. The summed E-state index contributed by atoms with van der Waals surface area (Å²) in [4.78, 5) is 0.293. The van der Waals surface area contributed by atoms with E-state index in [1.165, 1.54) is 32.1 Å². The van der Waals surface area contributed by atoms with Crippen molar-refractivity contribution in [3.05, 3.63) is 23.8 Å². The molecule has 1 aliphatic rings. The molecule has 112 valence electrons. The third-order valence-corrected chi connectivity index (χ3v) is 5.79. The Morgan fingerprint density at radius 2 is 1.95 bits per heavy atom. The van der Waals surface area contributed by atoms with Crippen LogP contribution in [0, 0.1) is 12.8 Å². The fourth-order valence-electron chi connectivity index (χ4n) is 2.87. The summed E-state index contributed by atoms with van der Waals surface area (Å²) >= 11 is 0. The molecule has 4 nitrogen and oxygen atoms in total. The Kier molecular flexibility index (Phi) is 5.05. The first-order valence-corrected chi connectivity index (χ1v) is 8.84. The summed E-state index contributed by atoms with van der Waals surface area (Å²) in [5.41, 5.74) is 6.91. The molecule has 5 heteroatoms. The summed E-state index contributed by atoms with van der Waals surface area (Å²) in [7, 11) is -3.44. The zero-order valence-electron chi connectivity index (χ0n) is 12.1. The molecule has 1 fully saturated rings. The van der Waals surface area contributed by atoms with E-state index in [0.717, 1.165) is 6.42 Å². The molecule has 1 saturated carbocycles. The van der Waals surface area contributed by atoms with Crippen molar-refractivity contribution in [2.24, 2.45) is 5.92 Å². The Morgan fingerprint density at radius 1 is 1.25 bits per heavy atom. The van der Waals surface area contributed by atoms with Crippen molar-refractivity contribution in [3.63, 3.8) is 0 Å². The molecule has 1 aromatic carbocycles. The Hall–Kier alpha value is -1.07. The minimum absolute atomic E-state index is 0.293. The number of benzene rings is 1. The first kappa shape index (κ1) is 15.3. The maximum atomic E-state index is 12.3. The van der Waals surface area contributed by atoms with Gasteiger partial charge in [0, 0.05) is 12.2 Å². The fraction of sp³-hybridized carbons (Fsp3) is 0.600. The largest absolute Gasteiger partial charge is 0.398 e. The number of nitrogens with two attached hydrogens (primary N) is 1. The van der Waals surface area contributed by atoms with Crippen LogP contribution in [0.5, 0.6) is 0 Å². The average Bonchev–Trinajstić information content (AvgIpc) is 2.42. The van der Waals surface area contributed by atoms with E-state index in [1.54, 1.807) is 25.1 Å². The van der Waals surface area contributed by atoms with Crippen molar-refractivity contribution in [2.75, 3.05) is 12.3 Å². The van der Waals surface area contributed by atoms with Gasteiger partial charge in [0.1, 0.15) is 0 Å². The fourth-order valence-corrected chi connectivity index (χ4v) is 4.19. The van der Waals surface area contributed by atoms with Crippen LogP contribution >= 0.6 is 0 Å². The summed E-state index contributed by atoms with van der Waals surface area (Å²) in [6.45, 7) is 2.26. The number of nitrogen functional groups attached to an aromatic ring is 1. The quantitative estimate of drug-likeness (QED) is 0.821. The molecule has 0 saturated heterocycles. The highest BCUT2D eigenvalue weighted by Crippen LogP contribution is 2.26. The molecule has 2 rings (SSSR count). The standard InChI is InChI=1S/C15H24N2O2S/c1-12-14(16)8-5-9-15(12)20(18,19)17-11-10-13-6-3-2-4-7-13/h5,8-9,13,17H,2-4,6-7,10-11,16H2,1H3. The molecule has 0 atom stereocenters. The summed E-state index contributed by atoms with van der Waals surface area (Å²) < 4.78 is 27.3. The minimum atomic E-state index is -3.44. The van der Waals surface area contributed by atoms with Gasteiger partial charge in [-0.25, -0.2) is 13.1 Å². The summed E-state index contributed by atoms with van der Waals surface area (Å²) in [5.74, 6) is 0.674. The Labute approximate surface area is 121 Å². The van der Waals surface area contributed by atoms with Gasteiger partial charge in [0.05, 0.1) is 4.90 Å². The lowest BCUT2D eigenvalue weighted by Gasteiger charge is -2.21. The monoisotopic (exact) mass is 296 g/mol. The van der Waals surface area contributed by atoms with Crippen LogP contribution in [0.25, 0.3) is 0 Å². The highest BCUT2D eigenvalue weighted by Gasteiger charge is 2.19. The average molecular weight is 296 g/mol. The molecular formula is C15H24N2O2S. The lowest BCUT2D eigenvalue weighted by molar-refractivity contribution is 0.339. The zero-order chi connectivity index (χ0) is 14.6. The van der Waals surface area contributed by atoms with Crippen LogP contribution in [-0.2, 0) is 10.0 Å². The first-order valence-electron chi connectivity index (χ1n) is 7.35. The molecule has 0 aromatic heterocycles. The van der Waals surface area contributed by atoms with Crippen LogP contribution in [0.15, 0.2) is 23.1 Å². The van der Waals surface area contributed by atoms with E-state index in [2.05, 4.69) is 4.72 Å². The van der Waals surface area contributed by atoms with Gasteiger partial charge in [-0.2, -0.15) is 0 Å². The number of anilines is 1. The predicted octanol–water partition coefficient (Wildman–Crippen LogP) is 2.83. The van der Waals surface area contributed by atoms with Gasteiger partial charge in [-0.05, 0) is 37.0 Å². The van der Waals surface area contributed by atoms with Crippen molar-refractivity contribution in [1.82, 2.24) is 4.72 Å². The Bertz CT molecular complexity index is 549. The third kappa shape index (κ3) is 3.73. The number of hydrogen-bond acceptors (Lipinski definition) is 3. The molecule has 0 unspecified atom stereocenters. The SMILES string of the molecule is Cc1c(N)cccc1S(=O)(=O)NCCC1CCCCC1. The van der Waals surface area contributed by atoms with Crippen molar-refractivity contribution >= 4 is 15.7 Å².